The van der Waals surface area contributed by atoms with Crippen molar-refractivity contribution in [3.63, 3.8) is 0 Å². The lowest BCUT2D eigenvalue weighted by Gasteiger charge is -2.14. The first-order valence-corrected chi connectivity index (χ1v) is 8.42. The molecule has 0 bridgehead atoms. The van der Waals surface area contributed by atoms with E-state index in [9.17, 15) is 4.79 Å². The number of methoxy groups -OCH3 is 2. The number of ether oxygens (including phenoxy) is 4. The fourth-order valence-corrected chi connectivity index (χ4v) is 3.12. The molecule has 0 saturated carbocycles. The fourth-order valence-electron chi connectivity index (χ4n) is 2.51. The highest BCUT2D eigenvalue weighted by Crippen LogP contribution is 2.49. The quantitative estimate of drug-likeness (QED) is 0.631. The summed E-state index contributed by atoms with van der Waals surface area (Å²) in [7, 11) is 3.11. The number of hydrazone groups is 1. The number of nitrogens with one attached hydrogen (secondary N) is 1. The highest BCUT2D eigenvalue weighted by Gasteiger charge is 2.26. The highest BCUT2D eigenvalue weighted by atomic mass is 32.1. The Morgan fingerprint density at radius 1 is 1.32 bits per heavy atom. The third kappa shape index (κ3) is 3.53. The first kappa shape index (κ1) is 17.1. The average molecular weight is 362 g/mol. The molecule has 1 aliphatic heterocycles. The molecular weight excluding hydrogens is 344 g/mol. The minimum absolute atomic E-state index is 0.141. The zero-order valence-corrected chi connectivity index (χ0v) is 14.9. The van der Waals surface area contributed by atoms with Gasteiger partial charge in [0, 0.05) is 17.7 Å². The maximum atomic E-state index is 12.0. The number of thiophene rings is 1. The van der Waals surface area contributed by atoms with Crippen molar-refractivity contribution in [2.75, 3.05) is 21.0 Å². The smallest absolute Gasteiger partial charge is 0.281 e. The Labute approximate surface area is 149 Å². The van der Waals surface area contributed by atoms with Gasteiger partial charge >= 0.3 is 0 Å². The van der Waals surface area contributed by atoms with Crippen LogP contribution in [0.3, 0.4) is 0 Å². The lowest BCUT2D eigenvalue weighted by molar-refractivity contribution is 0.0958. The van der Waals surface area contributed by atoms with Crippen LogP contribution in [0, 0.1) is 0 Å². The summed E-state index contributed by atoms with van der Waals surface area (Å²) in [4.78, 5) is 12.6. The molecule has 0 spiro atoms. The van der Waals surface area contributed by atoms with Crippen molar-refractivity contribution in [3.8, 4) is 23.0 Å². The van der Waals surface area contributed by atoms with Crippen LogP contribution in [0.25, 0.3) is 0 Å². The lowest BCUT2D eigenvalue weighted by Crippen LogP contribution is -2.18. The van der Waals surface area contributed by atoms with E-state index in [2.05, 4.69) is 10.5 Å². The van der Waals surface area contributed by atoms with Crippen LogP contribution in [0.15, 0.2) is 28.7 Å². The summed E-state index contributed by atoms with van der Waals surface area (Å²) in [5, 5.41) is 6.00. The summed E-state index contributed by atoms with van der Waals surface area (Å²) in [6.07, 6.45) is 0.459. The Kier molecular flexibility index (Phi) is 5.08. The second-order valence-corrected chi connectivity index (χ2v) is 6.23. The number of rotatable bonds is 6. The van der Waals surface area contributed by atoms with Crippen LogP contribution in [0.2, 0.25) is 0 Å². The molecular formula is C17H18N2O5S. The van der Waals surface area contributed by atoms with Crippen molar-refractivity contribution >= 4 is 23.0 Å². The number of carbonyl (C=O) groups excluding carboxylic acids is 1. The molecule has 1 aromatic heterocycles. The van der Waals surface area contributed by atoms with Crippen LogP contribution in [0.1, 0.15) is 22.2 Å². The van der Waals surface area contributed by atoms with Crippen molar-refractivity contribution in [2.45, 2.75) is 13.3 Å². The number of hydrogen-bond donors (Lipinski definition) is 1. The molecule has 1 aromatic carbocycles. The maximum Gasteiger partial charge on any atom is 0.281 e. The summed E-state index contributed by atoms with van der Waals surface area (Å²) in [5.74, 6) is 1.95. The van der Waals surface area contributed by atoms with E-state index in [0.717, 1.165) is 5.56 Å². The van der Waals surface area contributed by atoms with Crippen molar-refractivity contribution in [3.05, 3.63) is 34.0 Å². The summed E-state index contributed by atoms with van der Waals surface area (Å²) in [5.41, 5.74) is 4.10. The predicted molar refractivity (Wildman–Crippen MR) is 94.3 cm³/mol. The zero-order chi connectivity index (χ0) is 17.8. The largest absolute Gasteiger partial charge is 0.492 e. The molecule has 3 rings (SSSR count). The molecule has 0 radical (unpaired) electrons. The Morgan fingerprint density at radius 3 is 2.80 bits per heavy atom. The Bertz CT molecular complexity index is 802. The third-order valence-corrected chi connectivity index (χ3v) is 4.47. The van der Waals surface area contributed by atoms with Gasteiger partial charge in [-0.2, -0.15) is 5.10 Å². The molecule has 1 N–H and O–H groups in total. The molecule has 25 heavy (non-hydrogen) atoms. The summed E-state index contributed by atoms with van der Waals surface area (Å²) < 4.78 is 21.8. The molecule has 2 aromatic rings. The van der Waals surface area contributed by atoms with Crippen molar-refractivity contribution in [1.29, 1.82) is 0 Å². The van der Waals surface area contributed by atoms with E-state index in [1.807, 2.05) is 24.4 Å². The molecule has 7 nitrogen and oxygen atoms in total. The SMILES string of the molecule is COc1c(CC(C)=NNC(=O)c2cccs2)cc2c(c1OC)OCO2. The summed E-state index contributed by atoms with van der Waals surface area (Å²) in [6, 6.07) is 5.40. The minimum Gasteiger partial charge on any atom is -0.492 e. The summed E-state index contributed by atoms with van der Waals surface area (Å²) in [6.45, 7) is 1.97. The fraction of sp³-hybridized carbons (Fsp3) is 0.294. The van der Waals surface area contributed by atoms with Gasteiger partial charge in [0.15, 0.2) is 11.5 Å². The van der Waals surface area contributed by atoms with Gasteiger partial charge in [-0.1, -0.05) is 6.07 Å². The van der Waals surface area contributed by atoms with E-state index in [-0.39, 0.29) is 12.7 Å². The van der Waals surface area contributed by atoms with E-state index < -0.39 is 0 Å². The first-order valence-electron chi connectivity index (χ1n) is 7.54. The van der Waals surface area contributed by atoms with Gasteiger partial charge in [0.25, 0.3) is 5.91 Å². The zero-order valence-electron chi connectivity index (χ0n) is 14.1. The molecule has 2 heterocycles. The van der Waals surface area contributed by atoms with Gasteiger partial charge in [0.1, 0.15) is 0 Å². The van der Waals surface area contributed by atoms with Gasteiger partial charge in [0.05, 0.1) is 19.1 Å². The van der Waals surface area contributed by atoms with Gasteiger partial charge in [-0.25, -0.2) is 5.43 Å². The molecule has 0 aliphatic carbocycles. The number of carbonyl (C=O) groups is 1. The maximum absolute atomic E-state index is 12.0. The van der Waals surface area contributed by atoms with E-state index in [1.165, 1.54) is 11.3 Å². The number of fused-ring (bicyclic) bond motifs is 1. The van der Waals surface area contributed by atoms with E-state index in [1.54, 1.807) is 20.3 Å². The average Bonchev–Trinajstić information content (AvgIpc) is 3.29. The van der Waals surface area contributed by atoms with E-state index >= 15 is 0 Å². The molecule has 0 saturated heterocycles. The van der Waals surface area contributed by atoms with Crippen LogP contribution in [0.4, 0.5) is 0 Å². The van der Waals surface area contributed by atoms with Gasteiger partial charge in [-0.05, 0) is 24.4 Å². The number of nitrogens with zero attached hydrogens (tertiary/aromatic N) is 1. The van der Waals surface area contributed by atoms with Crippen molar-refractivity contribution < 1.29 is 23.7 Å². The molecule has 0 fully saturated rings. The molecule has 1 aliphatic rings. The lowest BCUT2D eigenvalue weighted by atomic mass is 10.1. The minimum atomic E-state index is -0.232. The van der Waals surface area contributed by atoms with Crippen LogP contribution < -0.4 is 24.4 Å². The monoisotopic (exact) mass is 362 g/mol. The van der Waals surface area contributed by atoms with Crippen LogP contribution in [-0.4, -0.2) is 32.6 Å². The van der Waals surface area contributed by atoms with Crippen LogP contribution >= 0.6 is 11.3 Å². The van der Waals surface area contributed by atoms with Gasteiger partial charge in [-0.3, -0.25) is 4.79 Å². The van der Waals surface area contributed by atoms with Gasteiger partial charge in [0.2, 0.25) is 18.3 Å². The number of benzene rings is 1. The Hall–Kier alpha value is -2.74. The second kappa shape index (κ2) is 7.43. The Balaban J connectivity index is 1.80. The van der Waals surface area contributed by atoms with Crippen molar-refractivity contribution in [2.24, 2.45) is 5.10 Å². The van der Waals surface area contributed by atoms with Gasteiger partial charge in [-0.15, -0.1) is 11.3 Å². The molecule has 0 atom stereocenters. The van der Waals surface area contributed by atoms with Gasteiger partial charge < -0.3 is 18.9 Å². The predicted octanol–water partition coefficient (Wildman–Crippen LogP) is 2.84. The molecule has 8 heteroatoms. The van der Waals surface area contributed by atoms with E-state index in [4.69, 9.17) is 18.9 Å². The molecule has 1 amide bonds. The van der Waals surface area contributed by atoms with Crippen LogP contribution in [-0.2, 0) is 6.42 Å². The first-order chi connectivity index (χ1) is 12.1. The van der Waals surface area contributed by atoms with E-state index in [0.29, 0.717) is 40.0 Å². The topological polar surface area (TPSA) is 78.4 Å². The highest BCUT2D eigenvalue weighted by molar-refractivity contribution is 7.12. The summed E-state index contributed by atoms with van der Waals surface area (Å²) >= 11 is 1.36. The molecule has 0 unspecified atom stereocenters. The van der Waals surface area contributed by atoms with Crippen LogP contribution in [0.5, 0.6) is 23.0 Å². The normalized spacial score (nSPS) is 12.8. The molecule has 132 valence electrons. The second-order valence-electron chi connectivity index (χ2n) is 5.28. The standard InChI is InChI=1S/C17H18N2O5S/c1-10(18-19-17(20)13-5-4-6-25-13)7-11-8-12-15(24-9-23-12)16(22-3)14(11)21-2/h4-6,8H,7,9H2,1-3H3,(H,19,20). The third-order valence-electron chi connectivity index (χ3n) is 3.60. The number of hydrogen-bond acceptors (Lipinski definition) is 7. The Morgan fingerprint density at radius 2 is 2.12 bits per heavy atom. The van der Waals surface area contributed by atoms with Crippen molar-refractivity contribution in [1.82, 2.24) is 5.43 Å². The number of amides is 1.